The molecule has 5 heteroatoms. The minimum atomic E-state index is -0.0130. The Morgan fingerprint density at radius 1 is 1.04 bits per heavy atom. The van der Waals surface area contributed by atoms with E-state index in [1.807, 2.05) is 69.6 Å². The molecule has 0 aromatic heterocycles. The van der Waals surface area contributed by atoms with Crippen molar-refractivity contribution in [1.29, 1.82) is 0 Å². The summed E-state index contributed by atoms with van der Waals surface area (Å²) in [7, 11) is 4.10. The fraction of sp³-hybridized carbons (Fsp3) is 0.409. The van der Waals surface area contributed by atoms with E-state index in [1.54, 1.807) is 0 Å². The van der Waals surface area contributed by atoms with E-state index in [2.05, 4.69) is 10.2 Å². The fourth-order valence-corrected chi connectivity index (χ4v) is 2.68. The Morgan fingerprint density at radius 3 is 2.48 bits per heavy atom. The number of carbonyl (C=O) groups excluding carboxylic acids is 1. The molecule has 27 heavy (non-hydrogen) atoms. The Hall–Kier alpha value is -2.53. The van der Waals surface area contributed by atoms with Crippen molar-refractivity contribution in [3.05, 3.63) is 54.1 Å². The normalized spacial score (nSPS) is 10.7. The fourth-order valence-electron chi connectivity index (χ4n) is 2.68. The smallest absolute Gasteiger partial charge is 0.224 e. The Bertz CT molecular complexity index is 699. The van der Waals surface area contributed by atoms with Crippen LogP contribution in [-0.4, -0.2) is 44.7 Å². The molecule has 0 aliphatic rings. The zero-order valence-electron chi connectivity index (χ0n) is 16.5. The summed E-state index contributed by atoms with van der Waals surface area (Å²) in [5.74, 6) is 1.65. The van der Waals surface area contributed by atoms with Crippen LogP contribution < -0.4 is 14.8 Å². The zero-order valence-corrected chi connectivity index (χ0v) is 16.5. The molecule has 0 spiro atoms. The van der Waals surface area contributed by atoms with E-state index in [4.69, 9.17) is 9.47 Å². The summed E-state index contributed by atoms with van der Waals surface area (Å²) in [5.41, 5.74) is 1.83. The first-order chi connectivity index (χ1) is 13.1. The van der Waals surface area contributed by atoms with Gasteiger partial charge >= 0.3 is 0 Å². The molecule has 1 N–H and O–H groups in total. The Balaban J connectivity index is 1.77. The Morgan fingerprint density at radius 2 is 1.78 bits per heavy atom. The third-order valence-corrected chi connectivity index (χ3v) is 4.05. The van der Waals surface area contributed by atoms with Gasteiger partial charge in [0.15, 0.2) is 0 Å². The second-order valence-corrected chi connectivity index (χ2v) is 6.62. The molecule has 2 aromatic carbocycles. The molecule has 0 aliphatic carbocycles. The minimum Gasteiger partial charge on any atom is -0.494 e. The van der Waals surface area contributed by atoms with Gasteiger partial charge in [0.1, 0.15) is 11.5 Å². The van der Waals surface area contributed by atoms with Gasteiger partial charge in [-0.2, -0.15) is 0 Å². The van der Waals surface area contributed by atoms with Crippen LogP contribution in [-0.2, 0) is 11.2 Å². The number of amides is 1. The van der Waals surface area contributed by atoms with Crippen molar-refractivity contribution in [1.82, 2.24) is 4.90 Å². The maximum Gasteiger partial charge on any atom is 0.224 e. The molecule has 0 radical (unpaired) electrons. The largest absolute Gasteiger partial charge is 0.494 e. The molecule has 0 fully saturated rings. The Labute approximate surface area is 162 Å². The van der Waals surface area contributed by atoms with E-state index in [1.165, 1.54) is 0 Å². The lowest BCUT2D eigenvalue weighted by molar-refractivity contribution is -0.116. The average Bonchev–Trinajstić information content (AvgIpc) is 2.66. The monoisotopic (exact) mass is 370 g/mol. The quantitative estimate of drug-likeness (QED) is 0.608. The van der Waals surface area contributed by atoms with E-state index < -0.39 is 0 Å². The third kappa shape index (κ3) is 7.71. The average molecular weight is 370 g/mol. The van der Waals surface area contributed by atoms with Crippen LogP contribution in [0.3, 0.4) is 0 Å². The molecule has 0 saturated heterocycles. The first-order valence-corrected chi connectivity index (χ1v) is 9.46. The number of rotatable bonds is 11. The van der Waals surface area contributed by atoms with Crippen LogP contribution in [0.5, 0.6) is 11.5 Å². The number of carbonyl (C=O) groups is 1. The highest BCUT2D eigenvalue weighted by Gasteiger charge is 2.07. The number of para-hydroxylation sites is 1. The molecule has 0 atom stereocenters. The van der Waals surface area contributed by atoms with Crippen molar-refractivity contribution < 1.29 is 14.3 Å². The highest BCUT2D eigenvalue weighted by atomic mass is 16.5. The molecule has 146 valence electrons. The predicted octanol–water partition coefficient (Wildman–Crippen LogP) is 3.99. The summed E-state index contributed by atoms with van der Waals surface area (Å²) in [5, 5.41) is 2.93. The zero-order chi connectivity index (χ0) is 19.5. The summed E-state index contributed by atoms with van der Waals surface area (Å²) in [4.78, 5) is 14.4. The summed E-state index contributed by atoms with van der Waals surface area (Å²) in [6, 6.07) is 15.4. The lowest BCUT2D eigenvalue weighted by atomic mass is 10.1. The van der Waals surface area contributed by atoms with Crippen molar-refractivity contribution in [2.75, 3.05) is 39.2 Å². The summed E-state index contributed by atoms with van der Waals surface area (Å²) >= 11 is 0. The molecule has 2 rings (SSSR count). The molecule has 1 amide bonds. The summed E-state index contributed by atoms with van der Waals surface area (Å²) in [6.07, 6.45) is 2.04. The van der Waals surface area contributed by atoms with E-state index in [-0.39, 0.29) is 5.91 Å². The highest BCUT2D eigenvalue weighted by molar-refractivity contribution is 5.90. The lowest BCUT2D eigenvalue weighted by Gasteiger charge is -2.11. The van der Waals surface area contributed by atoms with Gasteiger partial charge in [0.05, 0.1) is 13.2 Å². The number of ether oxygens (including phenoxy) is 2. The molecule has 5 nitrogen and oxygen atoms in total. The van der Waals surface area contributed by atoms with Gasteiger partial charge in [0, 0.05) is 18.7 Å². The molecule has 0 unspecified atom stereocenters. The number of benzene rings is 2. The van der Waals surface area contributed by atoms with Gasteiger partial charge in [0.25, 0.3) is 0 Å². The van der Waals surface area contributed by atoms with Gasteiger partial charge in [0.2, 0.25) is 5.91 Å². The molecule has 0 bridgehead atoms. The second kappa shape index (κ2) is 11.2. The SMILES string of the molecule is CCOc1ccccc1CCC(=O)Nc1ccc(OCCCN(C)C)cc1. The van der Waals surface area contributed by atoms with Crippen molar-refractivity contribution >= 4 is 11.6 Å². The van der Waals surface area contributed by atoms with Gasteiger partial charge in [-0.3, -0.25) is 4.79 Å². The van der Waals surface area contributed by atoms with Gasteiger partial charge in [-0.25, -0.2) is 0 Å². The Kier molecular flexibility index (Phi) is 8.65. The summed E-state index contributed by atoms with van der Waals surface area (Å²) in [6.45, 7) is 4.26. The van der Waals surface area contributed by atoms with Crippen molar-refractivity contribution in [2.24, 2.45) is 0 Å². The molecule has 0 aliphatic heterocycles. The van der Waals surface area contributed by atoms with E-state index >= 15 is 0 Å². The summed E-state index contributed by atoms with van der Waals surface area (Å²) < 4.78 is 11.3. The van der Waals surface area contributed by atoms with Crippen LogP contribution in [0.4, 0.5) is 5.69 Å². The van der Waals surface area contributed by atoms with E-state index in [0.717, 1.165) is 35.7 Å². The first-order valence-electron chi connectivity index (χ1n) is 9.46. The number of nitrogens with one attached hydrogen (secondary N) is 1. The molecule has 2 aromatic rings. The van der Waals surface area contributed by atoms with Crippen LogP contribution in [0, 0.1) is 0 Å². The highest BCUT2D eigenvalue weighted by Crippen LogP contribution is 2.20. The maximum atomic E-state index is 12.2. The predicted molar refractivity (Wildman–Crippen MR) is 110 cm³/mol. The van der Waals surface area contributed by atoms with Crippen LogP contribution in [0.25, 0.3) is 0 Å². The van der Waals surface area contributed by atoms with Gasteiger partial charge in [-0.15, -0.1) is 0 Å². The minimum absolute atomic E-state index is 0.0130. The van der Waals surface area contributed by atoms with Gasteiger partial charge < -0.3 is 19.7 Å². The number of nitrogens with zero attached hydrogens (tertiary/aromatic N) is 1. The number of anilines is 1. The van der Waals surface area contributed by atoms with Gasteiger partial charge in [-0.1, -0.05) is 18.2 Å². The topological polar surface area (TPSA) is 50.8 Å². The number of hydrogen-bond donors (Lipinski definition) is 1. The molecule has 0 saturated carbocycles. The van der Waals surface area contributed by atoms with Gasteiger partial charge in [-0.05, 0) is 69.8 Å². The van der Waals surface area contributed by atoms with Crippen molar-refractivity contribution in [2.45, 2.75) is 26.2 Å². The number of aryl methyl sites for hydroxylation is 1. The van der Waals surface area contributed by atoms with Crippen LogP contribution in [0.2, 0.25) is 0 Å². The van der Waals surface area contributed by atoms with E-state index in [9.17, 15) is 4.79 Å². The van der Waals surface area contributed by atoms with Crippen LogP contribution >= 0.6 is 0 Å². The third-order valence-electron chi connectivity index (χ3n) is 4.05. The maximum absolute atomic E-state index is 12.2. The number of hydrogen-bond acceptors (Lipinski definition) is 4. The standard InChI is InChI=1S/C22H30N2O3/c1-4-26-21-9-6-5-8-18(21)10-15-22(25)23-19-11-13-20(14-12-19)27-17-7-16-24(2)3/h5-6,8-9,11-14H,4,7,10,15-17H2,1-3H3,(H,23,25). The van der Waals surface area contributed by atoms with Crippen LogP contribution in [0.15, 0.2) is 48.5 Å². The lowest BCUT2D eigenvalue weighted by Crippen LogP contribution is -2.15. The molecular weight excluding hydrogens is 340 g/mol. The second-order valence-electron chi connectivity index (χ2n) is 6.62. The van der Waals surface area contributed by atoms with Crippen molar-refractivity contribution in [3.8, 4) is 11.5 Å². The van der Waals surface area contributed by atoms with Crippen LogP contribution in [0.1, 0.15) is 25.3 Å². The van der Waals surface area contributed by atoms with Crippen molar-refractivity contribution in [3.63, 3.8) is 0 Å². The van der Waals surface area contributed by atoms with E-state index in [0.29, 0.717) is 26.1 Å². The molecule has 0 heterocycles. The first kappa shape index (κ1) is 20.8. The molecular formula is C22H30N2O3.